The Labute approximate surface area is 99.7 Å². The van der Waals surface area contributed by atoms with E-state index in [4.69, 9.17) is 11.1 Å². The summed E-state index contributed by atoms with van der Waals surface area (Å²) in [4.78, 5) is 1.81. The van der Waals surface area contributed by atoms with Crippen LogP contribution >= 0.6 is 0 Å². The van der Waals surface area contributed by atoms with E-state index in [0.29, 0.717) is 6.54 Å². The van der Waals surface area contributed by atoms with Crippen molar-refractivity contribution in [1.29, 1.82) is 5.41 Å². The van der Waals surface area contributed by atoms with E-state index in [1.807, 2.05) is 11.8 Å². The third-order valence-electron chi connectivity index (χ3n) is 3.43. The summed E-state index contributed by atoms with van der Waals surface area (Å²) in [6.07, 6.45) is -0.347. The lowest BCUT2D eigenvalue weighted by atomic mass is 10.1. The third-order valence-corrected chi connectivity index (χ3v) is 3.43. The topological polar surface area (TPSA) is 53.1 Å². The van der Waals surface area contributed by atoms with Crippen LogP contribution in [0.3, 0.4) is 0 Å². The highest BCUT2D eigenvalue weighted by atomic mass is 19.4. The van der Waals surface area contributed by atoms with Gasteiger partial charge in [0.05, 0.1) is 0 Å². The molecule has 0 aromatic carbocycles. The van der Waals surface area contributed by atoms with Gasteiger partial charge in [-0.15, -0.1) is 0 Å². The van der Waals surface area contributed by atoms with Crippen molar-refractivity contribution >= 4 is 5.84 Å². The summed E-state index contributed by atoms with van der Waals surface area (Å²) in [5.74, 6) is -2.61. The van der Waals surface area contributed by atoms with Gasteiger partial charge in [-0.3, -0.25) is 10.3 Å². The minimum absolute atomic E-state index is 0.181. The van der Waals surface area contributed by atoms with E-state index in [1.165, 1.54) is 0 Å². The maximum Gasteiger partial charge on any atom is 0.399 e. The largest absolute Gasteiger partial charge is 0.399 e. The molecule has 0 aromatic rings. The Morgan fingerprint density at radius 3 is 2.29 bits per heavy atom. The molecule has 0 amide bonds. The molecule has 3 nitrogen and oxygen atoms in total. The van der Waals surface area contributed by atoms with Gasteiger partial charge in [0.25, 0.3) is 0 Å². The van der Waals surface area contributed by atoms with Crippen molar-refractivity contribution in [2.45, 2.75) is 44.8 Å². The van der Waals surface area contributed by atoms with E-state index >= 15 is 0 Å². The molecular formula is C11H20F3N3. The number of rotatable bonds is 5. The molecule has 17 heavy (non-hydrogen) atoms. The smallest absolute Gasteiger partial charge is 0.387 e. The lowest BCUT2D eigenvalue weighted by Crippen LogP contribution is -2.46. The molecule has 100 valence electrons. The van der Waals surface area contributed by atoms with Crippen LogP contribution in [0.4, 0.5) is 13.2 Å². The Bertz CT molecular complexity index is 259. The summed E-state index contributed by atoms with van der Waals surface area (Å²) in [6, 6.07) is 0.226. The molecule has 0 radical (unpaired) electrons. The molecule has 3 N–H and O–H groups in total. The zero-order chi connectivity index (χ0) is 13.1. The molecule has 0 saturated heterocycles. The van der Waals surface area contributed by atoms with E-state index < -0.39 is 17.9 Å². The monoisotopic (exact) mass is 251 g/mol. The fraction of sp³-hybridized carbons (Fsp3) is 0.909. The average Bonchev–Trinajstić information content (AvgIpc) is 2.69. The van der Waals surface area contributed by atoms with Gasteiger partial charge in [-0.25, -0.2) is 0 Å². The van der Waals surface area contributed by atoms with E-state index in [-0.39, 0.29) is 12.6 Å². The first kappa shape index (κ1) is 14.3. The van der Waals surface area contributed by atoms with Crippen LogP contribution in [0.5, 0.6) is 0 Å². The van der Waals surface area contributed by atoms with Gasteiger partial charge in [0, 0.05) is 12.6 Å². The highest BCUT2D eigenvalue weighted by Gasteiger charge is 2.43. The quantitative estimate of drug-likeness (QED) is 0.582. The van der Waals surface area contributed by atoms with Crippen LogP contribution in [-0.4, -0.2) is 36.0 Å². The minimum atomic E-state index is -4.42. The summed E-state index contributed by atoms with van der Waals surface area (Å²) < 4.78 is 38.1. The van der Waals surface area contributed by atoms with Crippen molar-refractivity contribution in [2.24, 2.45) is 11.7 Å². The molecule has 1 unspecified atom stereocenters. The molecule has 1 fully saturated rings. The maximum absolute atomic E-state index is 12.7. The van der Waals surface area contributed by atoms with E-state index in [0.717, 1.165) is 25.7 Å². The molecule has 1 atom stereocenters. The number of nitrogens with zero attached hydrogens (tertiary/aromatic N) is 1. The zero-order valence-electron chi connectivity index (χ0n) is 10.1. The number of nitrogens with two attached hydrogens (primary N) is 1. The molecule has 0 aromatic heterocycles. The van der Waals surface area contributed by atoms with E-state index in [1.54, 1.807) is 0 Å². The van der Waals surface area contributed by atoms with Crippen molar-refractivity contribution in [2.75, 3.05) is 13.1 Å². The molecule has 0 heterocycles. The molecule has 0 spiro atoms. The van der Waals surface area contributed by atoms with Crippen molar-refractivity contribution in [3.05, 3.63) is 0 Å². The molecule has 1 aliphatic carbocycles. The number of hydrogen-bond donors (Lipinski definition) is 2. The van der Waals surface area contributed by atoms with Crippen molar-refractivity contribution < 1.29 is 13.2 Å². The lowest BCUT2D eigenvalue weighted by Gasteiger charge is -2.31. The van der Waals surface area contributed by atoms with Crippen molar-refractivity contribution in [3.63, 3.8) is 0 Å². The molecule has 1 aliphatic rings. The number of alkyl halides is 3. The Morgan fingerprint density at radius 1 is 1.41 bits per heavy atom. The molecule has 0 aliphatic heterocycles. The second-order valence-corrected chi connectivity index (χ2v) is 4.58. The Balaban J connectivity index is 2.66. The molecule has 0 bridgehead atoms. The van der Waals surface area contributed by atoms with Gasteiger partial charge < -0.3 is 5.73 Å². The van der Waals surface area contributed by atoms with E-state index in [2.05, 4.69) is 0 Å². The minimum Gasteiger partial charge on any atom is -0.387 e. The first-order valence-corrected chi connectivity index (χ1v) is 6.01. The molecule has 1 rings (SSSR count). The van der Waals surface area contributed by atoms with Crippen LogP contribution in [-0.2, 0) is 0 Å². The first-order chi connectivity index (χ1) is 7.86. The fourth-order valence-corrected chi connectivity index (χ4v) is 2.42. The molecular weight excluding hydrogens is 231 g/mol. The first-order valence-electron chi connectivity index (χ1n) is 6.01. The molecule has 1 saturated carbocycles. The number of hydrogen-bond acceptors (Lipinski definition) is 2. The van der Waals surface area contributed by atoms with Gasteiger partial charge >= 0.3 is 6.18 Å². The van der Waals surface area contributed by atoms with Crippen LogP contribution in [0.25, 0.3) is 0 Å². The highest BCUT2D eigenvalue weighted by molar-refractivity contribution is 5.80. The fourth-order valence-electron chi connectivity index (χ4n) is 2.42. The normalized spacial score (nSPS) is 19.8. The summed E-state index contributed by atoms with van der Waals surface area (Å²) >= 11 is 0. The molecule has 6 heteroatoms. The predicted molar refractivity (Wildman–Crippen MR) is 61.0 cm³/mol. The highest BCUT2D eigenvalue weighted by Crippen LogP contribution is 2.30. The maximum atomic E-state index is 12.7. The van der Waals surface area contributed by atoms with Gasteiger partial charge in [0.1, 0.15) is 11.8 Å². The third kappa shape index (κ3) is 3.87. The Morgan fingerprint density at radius 2 is 1.94 bits per heavy atom. The van der Waals surface area contributed by atoms with Crippen LogP contribution in [0, 0.1) is 11.3 Å². The van der Waals surface area contributed by atoms with Crippen molar-refractivity contribution in [3.8, 4) is 0 Å². The SMILES string of the molecule is CCN(CC(C(=N)N)C(F)(F)F)C1CCCC1. The lowest BCUT2D eigenvalue weighted by molar-refractivity contribution is -0.161. The summed E-state index contributed by atoms with van der Waals surface area (Å²) in [7, 11) is 0. The van der Waals surface area contributed by atoms with Gasteiger partial charge in [-0.05, 0) is 19.4 Å². The summed E-state index contributed by atoms with van der Waals surface area (Å²) in [5, 5.41) is 7.08. The number of halogens is 3. The van der Waals surface area contributed by atoms with Crippen LogP contribution < -0.4 is 5.73 Å². The van der Waals surface area contributed by atoms with E-state index in [9.17, 15) is 13.2 Å². The Hall–Kier alpha value is -0.780. The van der Waals surface area contributed by atoms with Crippen LogP contribution in [0.15, 0.2) is 0 Å². The number of nitrogens with one attached hydrogen (secondary N) is 1. The second kappa shape index (κ2) is 5.71. The van der Waals surface area contributed by atoms with Gasteiger partial charge in [0.2, 0.25) is 0 Å². The van der Waals surface area contributed by atoms with Crippen molar-refractivity contribution in [1.82, 2.24) is 4.90 Å². The van der Waals surface area contributed by atoms with Crippen LogP contribution in [0.2, 0.25) is 0 Å². The standard InChI is InChI=1S/C11H20F3N3/c1-2-17(8-5-3-4-6-8)7-9(10(15)16)11(12,13)14/h8-9H,2-7H2,1H3,(H3,15,16). The summed E-state index contributed by atoms with van der Waals surface area (Å²) in [6.45, 7) is 2.25. The van der Waals surface area contributed by atoms with Gasteiger partial charge in [-0.2, -0.15) is 13.2 Å². The predicted octanol–water partition coefficient (Wildman–Crippen LogP) is 2.37. The zero-order valence-corrected chi connectivity index (χ0v) is 10.1. The van der Waals surface area contributed by atoms with Gasteiger partial charge in [0.15, 0.2) is 0 Å². The van der Waals surface area contributed by atoms with Crippen LogP contribution in [0.1, 0.15) is 32.6 Å². The average molecular weight is 251 g/mol. The number of amidine groups is 1. The second-order valence-electron chi connectivity index (χ2n) is 4.58. The van der Waals surface area contributed by atoms with Gasteiger partial charge in [-0.1, -0.05) is 19.8 Å². The summed E-state index contributed by atoms with van der Waals surface area (Å²) in [5.41, 5.74) is 5.06. The Kier molecular flexibility index (Phi) is 4.80.